The summed E-state index contributed by atoms with van der Waals surface area (Å²) in [7, 11) is -3.44. The molecule has 2 rings (SSSR count). The number of hydrogen-bond acceptors (Lipinski definition) is 4. The molecule has 0 aliphatic carbocycles. The summed E-state index contributed by atoms with van der Waals surface area (Å²) in [5, 5.41) is 0. The topological polar surface area (TPSA) is 75.9 Å². The van der Waals surface area contributed by atoms with E-state index in [2.05, 4.69) is 6.92 Å². The Morgan fingerprint density at radius 1 is 1.20 bits per heavy atom. The van der Waals surface area contributed by atoms with Crippen molar-refractivity contribution in [1.82, 2.24) is 8.61 Å². The third kappa shape index (κ3) is 3.17. The monoisotopic (exact) mass is 305 g/mol. The summed E-state index contributed by atoms with van der Waals surface area (Å²) in [6.45, 7) is 7.73. The van der Waals surface area contributed by atoms with Crippen LogP contribution in [0.15, 0.2) is 0 Å². The Labute approximate surface area is 122 Å². The van der Waals surface area contributed by atoms with Gasteiger partial charge in [0.25, 0.3) is 10.2 Å². The molecule has 0 aromatic carbocycles. The lowest BCUT2D eigenvalue weighted by Gasteiger charge is -2.43. The van der Waals surface area contributed by atoms with Gasteiger partial charge in [-0.15, -0.1) is 0 Å². The Kier molecular flexibility index (Phi) is 5.07. The molecule has 2 heterocycles. The van der Waals surface area contributed by atoms with Crippen LogP contribution in [0.25, 0.3) is 0 Å². The maximum Gasteiger partial charge on any atom is 0.282 e. The van der Waals surface area contributed by atoms with Gasteiger partial charge in [-0.2, -0.15) is 17.0 Å². The van der Waals surface area contributed by atoms with Crippen LogP contribution < -0.4 is 5.73 Å². The second-order valence-electron chi connectivity index (χ2n) is 6.12. The van der Waals surface area contributed by atoms with Crippen LogP contribution >= 0.6 is 0 Å². The molecule has 2 aliphatic heterocycles. The molecular weight excluding hydrogens is 278 g/mol. The maximum absolute atomic E-state index is 12.9. The minimum atomic E-state index is -3.44. The van der Waals surface area contributed by atoms with Gasteiger partial charge in [0.15, 0.2) is 0 Å². The van der Waals surface area contributed by atoms with Gasteiger partial charge in [-0.3, -0.25) is 0 Å². The lowest BCUT2D eigenvalue weighted by Crippen LogP contribution is -2.59. The van der Waals surface area contributed by atoms with Crippen molar-refractivity contribution in [3.8, 4) is 0 Å². The summed E-state index contributed by atoms with van der Waals surface area (Å²) in [5.41, 5.74) is 5.82. The van der Waals surface area contributed by atoms with E-state index >= 15 is 0 Å². The van der Waals surface area contributed by atoms with Crippen molar-refractivity contribution in [3.05, 3.63) is 0 Å². The highest BCUT2D eigenvalue weighted by atomic mass is 32.2. The normalized spacial score (nSPS) is 38.0. The SMILES string of the molecule is CC1CN(S(=O)(=O)N2CCCC(C)C2CN)CC(C)O1. The van der Waals surface area contributed by atoms with Gasteiger partial charge < -0.3 is 10.5 Å². The number of nitrogens with two attached hydrogens (primary N) is 1. The predicted molar refractivity (Wildman–Crippen MR) is 78.4 cm³/mol. The Bertz CT molecular complexity index is 419. The standard InChI is InChI=1S/C13H27N3O3S/c1-10-5-4-6-16(13(10)7-14)20(17,18)15-8-11(2)19-12(3)9-15/h10-13H,4-9,14H2,1-3H3. The van der Waals surface area contributed by atoms with Crippen molar-refractivity contribution in [2.75, 3.05) is 26.2 Å². The number of morpholine rings is 1. The van der Waals surface area contributed by atoms with Gasteiger partial charge in [-0.25, -0.2) is 0 Å². The second-order valence-corrected chi connectivity index (χ2v) is 8.00. The van der Waals surface area contributed by atoms with Gasteiger partial charge in [0.1, 0.15) is 0 Å². The fraction of sp³-hybridized carbons (Fsp3) is 1.00. The zero-order valence-corrected chi connectivity index (χ0v) is 13.5. The molecule has 0 amide bonds. The molecule has 4 unspecified atom stereocenters. The van der Waals surface area contributed by atoms with Crippen LogP contribution in [0.3, 0.4) is 0 Å². The number of nitrogens with zero attached hydrogens (tertiary/aromatic N) is 2. The summed E-state index contributed by atoms with van der Waals surface area (Å²) in [4.78, 5) is 0. The molecule has 118 valence electrons. The second kappa shape index (κ2) is 6.27. The minimum Gasteiger partial charge on any atom is -0.373 e. The molecule has 6 nitrogen and oxygen atoms in total. The summed E-state index contributed by atoms with van der Waals surface area (Å²) in [5.74, 6) is 0.319. The van der Waals surface area contributed by atoms with Crippen molar-refractivity contribution < 1.29 is 13.2 Å². The van der Waals surface area contributed by atoms with Crippen LogP contribution in [0.5, 0.6) is 0 Å². The first kappa shape index (κ1) is 16.2. The average Bonchev–Trinajstić information content (AvgIpc) is 2.37. The highest BCUT2D eigenvalue weighted by Gasteiger charge is 2.41. The van der Waals surface area contributed by atoms with E-state index in [4.69, 9.17) is 10.5 Å². The van der Waals surface area contributed by atoms with E-state index in [-0.39, 0.29) is 18.2 Å². The molecule has 0 saturated carbocycles. The third-order valence-corrected chi connectivity index (χ3v) is 6.31. The molecule has 0 radical (unpaired) electrons. The Morgan fingerprint density at radius 3 is 2.35 bits per heavy atom. The first-order chi connectivity index (χ1) is 9.36. The van der Waals surface area contributed by atoms with Crippen LogP contribution in [0.2, 0.25) is 0 Å². The summed E-state index contributed by atoms with van der Waals surface area (Å²) in [6.07, 6.45) is 1.83. The van der Waals surface area contributed by atoms with Crippen molar-refractivity contribution >= 4 is 10.2 Å². The van der Waals surface area contributed by atoms with E-state index < -0.39 is 10.2 Å². The van der Waals surface area contributed by atoms with Crippen LogP contribution in [0.1, 0.15) is 33.6 Å². The van der Waals surface area contributed by atoms with E-state index in [1.165, 1.54) is 0 Å². The van der Waals surface area contributed by atoms with Crippen LogP contribution in [-0.4, -0.2) is 61.5 Å². The first-order valence-electron chi connectivity index (χ1n) is 7.48. The van der Waals surface area contributed by atoms with E-state index in [1.807, 2.05) is 13.8 Å². The maximum atomic E-state index is 12.9. The number of hydrogen-bond donors (Lipinski definition) is 1. The number of ether oxygens (including phenoxy) is 1. The van der Waals surface area contributed by atoms with Gasteiger partial charge in [-0.05, 0) is 32.6 Å². The summed E-state index contributed by atoms with van der Waals surface area (Å²) < 4.78 is 34.6. The zero-order chi connectivity index (χ0) is 14.9. The molecule has 2 aliphatic rings. The molecule has 0 bridgehead atoms. The first-order valence-corrected chi connectivity index (χ1v) is 8.88. The lowest BCUT2D eigenvalue weighted by molar-refractivity contribution is -0.0462. The van der Waals surface area contributed by atoms with E-state index in [1.54, 1.807) is 8.61 Å². The molecule has 0 aromatic heterocycles. The van der Waals surface area contributed by atoms with Crippen molar-refractivity contribution in [3.63, 3.8) is 0 Å². The highest BCUT2D eigenvalue weighted by Crippen LogP contribution is 2.28. The molecule has 0 spiro atoms. The summed E-state index contributed by atoms with van der Waals surface area (Å²) in [6, 6.07) is -0.0813. The van der Waals surface area contributed by atoms with Gasteiger partial charge in [0.05, 0.1) is 12.2 Å². The molecule has 4 atom stereocenters. The van der Waals surface area contributed by atoms with Gasteiger partial charge >= 0.3 is 0 Å². The molecule has 7 heteroatoms. The van der Waals surface area contributed by atoms with Gasteiger partial charge in [0.2, 0.25) is 0 Å². The lowest BCUT2D eigenvalue weighted by atomic mass is 9.93. The number of rotatable bonds is 3. The summed E-state index contributed by atoms with van der Waals surface area (Å²) >= 11 is 0. The smallest absolute Gasteiger partial charge is 0.282 e. The molecule has 2 N–H and O–H groups in total. The van der Waals surface area contributed by atoms with Crippen molar-refractivity contribution in [2.45, 2.75) is 51.9 Å². The fourth-order valence-corrected chi connectivity index (χ4v) is 5.40. The van der Waals surface area contributed by atoms with Crippen molar-refractivity contribution in [2.24, 2.45) is 11.7 Å². The largest absolute Gasteiger partial charge is 0.373 e. The van der Waals surface area contributed by atoms with E-state index in [9.17, 15) is 8.42 Å². The predicted octanol–water partition coefficient (Wildman–Crippen LogP) is 0.400. The minimum absolute atomic E-state index is 0.0629. The molecule has 0 aromatic rings. The molecule has 2 saturated heterocycles. The van der Waals surface area contributed by atoms with Gasteiger partial charge in [-0.1, -0.05) is 6.92 Å². The molecule has 20 heavy (non-hydrogen) atoms. The van der Waals surface area contributed by atoms with E-state index in [0.717, 1.165) is 12.8 Å². The van der Waals surface area contributed by atoms with Gasteiger partial charge in [0, 0.05) is 32.2 Å². The number of piperidine rings is 1. The van der Waals surface area contributed by atoms with E-state index in [0.29, 0.717) is 32.1 Å². The Morgan fingerprint density at radius 2 is 1.80 bits per heavy atom. The molecular formula is C13H27N3O3S. The third-order valence-electron chi connectivity index (χ3n) is 4.31. The molecule has 2 fully saturated rings. The average molecular weight is 305 g/mol. The van der Waals surface area contributed by atoms with Crippen LogP contribution in [0, 0.1) is 5.92 Å². The zero-order valence-electron chi connectivity index (χ0n) is 12.7. The van der Waals surface area contributed by atoms with Crippen LogP contribution in [0.4, 0.5) is 0 Å². The Balaban J connectivity index is 2.20. The Hall–Kier alpha value is -0.210. The fourth-order valence-electron chi connectivity index (χ4n) is 3.31. The highest BCUT2D eigenvalue weighted by molar-refractivity contribution is 7.86. The van der Waals surface area contributed by atoms with Crippen molar-refractivity contribution in [1.29, 1.82) is 0 Å². The van der Waals surface area contributed by atoms with Crippen LogP contribution in [-0.2, 0) is 14.9 Å². The quantitative estimate of drug-likeness (QED) is 0.819.